The number of unbranched alkanes of at least 4 members (excludes halogenated alkanes) is 1. The zero-order chi connectivity index (χ0) is 16.7. The highest BCUT2D eigenvalue weighted by molar-refractivity contribution is 7.93. The maximum Gasteiger partial charge on any atom is 0.263 e. The summed E-state index contributed by atoms with van der Waals surface area (Å²) in [6, 6.07) is 8.08. The quantitative estimate of drug-likeness (QED) is 0.713. The van der Waals surface area contributed by atoms with Crippen molar-refractivity contribution < 1.29 is 13.2 Å². The molecule has 2 aromatic rings. The van der Waals surface area contributed by atoms with Gasteiger partial charge >= 0.3 is 0 Å². The minimum Gasteiger partial charge on any atom is -0.356 e. The molecule has 0 radical (unpaired) electrons. The highest BCUT2D eigenvalue weighted by Crippen LogP contribution is 2.20. The molecule has 1 heterocycles. The van der Waals surface area contributed by atoms with Crippen LogP contribution in [0.4, 0.5) is 5.13 Å². The molecule has 0 saturated heterocycles. The molecule has 124 valence electrons. The lowest BCUT2D eigenvalue weighted by Crippen LogP contribution is -2.26. The number of thiazole rings is 1. The summed E-state index contributed by atoms with van der Waals surface area (Å²) in [6.45, 7) is 2.70. The summed E-state index contributed by atoms with van der Waals surface area (Å²) < 4.78 is 26.8. The number of sulfonamides is 1. The van der Waals surface area contributed by atoms with Crippen LogP contribution in [0.2, 0.25) is 0 Å². The van der Waals surface area contributed by atoms with Gasteiger partial charge in [0.1, 0.15) is 0 Å². The number of hydrogen-bond acceptors (Lipinski definition) is 5. The lowest BCUT2D eigenvalue weighted by molar-refractivity contribution is -0.120. The second-order valence-electron chi connectivity index (χ2n) is 4.94. The third-order valence-electron chi connectivity index (χ3n) is 3.02. The summed E-state index contributed by atoms with van der Waals surface area (Å²) >= 11 is 1.16. The van der Waals surface area contributed by atoms with E-state index in [1.54, 1.807) is 23.6 Å². The first kappa shape index (κ1) is 17.4. The van der Waals surface area contributed by atoms with Crippen molar-refractivity contribution >= 4 is 32.4 Å². The third-order valence-corrected chi connectivity index (χ3v) is 5.31. The number of amides is 1. The van der Waals surface area contributed by atoms with Crippen molar-refractivity contribution in [3.05, 3.63) is 41.4 Å². The predicted octanol–water partition coefficient (Wildman–Crippen LogP) is 2.40. The van der Waals surface area contributed by atoms with Gasteiger partial charge in [-0.3, -0.25) is 9.52 Å². The minimum atomic E-state index is -3.65. The lowest BCUT2D eigenvalue weighted by atomic mass is 10.3. The van der Waals surface area contributed by atoms with Crippen LogP contribution in [0.25, 0.3) is 0 Å². The molecule has 0 bridgehead atoms. The number of anilines is 1. The molecule has 0 spiro atoms. The standard InChI is InChI=1S/C15H19N3O3S2/c1-2-3-9-16-14(19)10-12-11-22-15(17-12)18-23(20,21)13-7-5-4-6-8-13/h4-8,11H,2-3,9-10H2,1H3,(H,16,19)(H,17,18). The van der Waals surface area contributed by atoms with Gasteiger partial charge in [0.15, 0.2) is 5.13 Å². The van der Waals surface area contributed by atoms with E-state index in [9.17, 15) is 13.2 Å². The second kappa shape index (κ2) is 8.07. The molecule has 0 saturated carbocycles. The van der Waals surface area contributed by atoms with Crippen LogP contribution in [0.5, 0.6) is 0 Å². The van der Waals surface area contributed by atoms with E-state index in [1.165, 1.54) is 12.1 Å². The smallest absolute Gasteiger partial charge is 0.263 e. The Hall–Kier alpha value is -1.93. The van der Waals surface area contributed by atoms with Crippen molar-refractivity contribution in [1.29, 1.82) is 0 Å². The Morgan fingerprint density at radius 2 is 2.00 bits per heavy atom. The van der Waals surface area contributed by atoms with E-state index in [4.69, 9.17) is 0 Å². The summed E-state index contributed by atoms with van der Waals surface area (Å²) in [5, 5.41) is 4.74. The van der Waals surface area contributed by atoms with Gasteiger partial charge in [0.05, 0.1) is 17.0 Å². The van der Waals surface area contributed by atoms with Crippen LogP contribution in [0.1, 0.15) is 25.5 Å². The van der Waals surface area contributed by atoms with E-state index in [0.717, 1.165) is 24.2 Å². The first-order chi connectivity index (χ1) is 11.0. The molecule has 1 amide bonds. The molecule has 1 aromatic heterocycles. The molecular formula is C15H19N3O3S2. The second-order valence-corrected chi connectivity index (χ2v) is 7.48. The maximum atomic E-state index is 12.2. The van der Waals surface area contributed by atoms with Crippen LogP contribution in [-0.4, -0.2) is 25.9 Å². The molecule has 0 aliphatic heterocycles. The summed E-state index contributed by atoms with van der Waals surface area (Å²) in [6.07, 6.45) is 2.10. The van der Waals surface area contributed by atoms with Gasteiger partial charge in [-0.05, 0) is 18.6 Å². The van der Waals surface area contributed by atoms with Crippen molar-refractivity contribution in [2.24, 2.45) is 0 Å². The van der Waals surface area contributed by atoms with E-state index in [0.29, 0.717) is 12.2 Å². The lowest BCUT2D eigenvalue weighted by Gasteiger charge is -2.04. The van der Waals surface area contributed by atoms with Crippen molar-refractivity contribution in [1.82, 2.24) is 10.3 Å². The molecule has 0 atom stereocenters. The largest absolute Gasteiger partial charge is 0.356 e. The van der Waals surface area contributed by atoms with Gasteiger partial charge in [-0.2, -0.15) is 0 Å². The molecule has 2 N–H and O–H groups in total. The molecule has 2 rings (SSSR count). The number of rotatable bonds is 8. The Balaban J connectivity index is 1.96. The van der Waals surface area contributed by atoms with Gasteiger partial charge in [-0.1, -0.05) is 31.5 Å². The molecule has 6 nitrogen and oxygen atoms in total. The number of carbonyl (C=O) groups is 1. The van der Waals surface area contributed by atoms with E-state index in [-0.39, 0.29) is 22.4 Å². The van der Waals surface area contributed by atoms with Gasteiger partial charge in [-0.15, -0.1) is 11.3 Å². The number of benzene rings is 1. The predicted molar refractivity (Wildman–Crippen MR) is 91.0 cm³/mol. The summed E-state index contributed by atoms with van der Waals surface area (Å²) in [4.78, 5) is 16.0. The van der Waals surface area contributed by atoms with Crippen molar-refractivity contribution in [3.8, 4) is 0 Å². The number of nitrogens with zero attached hydrogens (tertiary/aromatic N) is 1. The van der Waals surface area contributed by atoms with Gasteiger partial charge in [0.2, 0.25) is 5.91 Å². The minimum absolute atomic E-state index is 0.110. The van der Waals surface area contributed by atoms with Crippen LogP contribution in [0.15, 0.2) is 40.6 Å². The van der Waals surface area contributed by atoms with Crippen LogP contribution in [-0.2, 0) is 21.2 Å². The number of carbonyl (C=O) groups excluding carboxylic acids is 1. The van der Waals surface area contributed by atoms with Gasteiger partial charge < -0.3 is 5.32 Å². The monoisotopic (exact) mass is 353 g/mol. The Labute approximate surface area is 140 Å². The van der Waals surface area contributed by atoms with E-state index < -0.39 is 10.0 Å². The first-order valence-corrected chi connectivity index (χ1v) is 9.66. The summed E-state index contributed by atoms with van der Waals surface area (Å²) in [7, 11) is -3.65. The molecule has 0 fully saturated rings. The highest BCUT2D eigenvalue weighted by atomic mass is 32.2. The van der Waals surface area contributed by atoms with Crippen molar-refractivity contribution in [2.45, 2.75) is 31.1 Å². The Bertz CT molecular complexity index is 742. The molecule has 1 aromatic carbocycles. The maximum absolute atomic E-state index is 12.2. The highest BCUT2D eigenvalue weighted by Gasteiger charge is 2.16. The van der Waals surface area contributed by atoms with Crippen LogP contribution in [0, 0.1) is 0 Å². The fourth-order valence-corrected chi connectivity index (χ4v) is 3.82. The molecular weight excluding hydrogens is 334 g/mol. The third kappa shape index (κ3) is 5.33. The van der Waals surface area contributed by atoms with E-state index >= 15 is 0 Å². The van der Waals surface area contributed by atoms with Gasteiger partial charge in [0, 0.05) is 11.9 Å². The molecule has 8 heteroatoms. The van der Waals surface area contributed by atoms with E-state index in [2.05, 4.69) is 21.9 Å². The molecule has 0 unspecified atom stereocenters. The van der Waals surface area contributed by atoms with Gasteiger partial charge in [0.25, 0.3) is 10.0 Å². The Kier molecular flexibility index (Phi) is 6.12. The number of hydrogen-bond donors (Lipinski definition) is 2. The zero-order valence-electron chi connectivity index (χ0n) is 12.8. The topological polar surface area (TPSA) is 88.2 Å². The Morgan fingerprint density at radius 3 is 2.70 bits per heavy atom. The SMILES string of the molecule is CCCCNC(=O)Cc1csc(NS(=O)(=O)c2ccccc2)n1. The first-order valence-electron chi connectivity index (χ1n) is 7.30. The average Bonchev–Trinajstić information content (AvgIpc) is 2.94. The molecule has 0 aliphatic carbocycles. The Morgan fingerprint density at radius 1 is 1.26 bits per heavy atom. The van der Waals surface area contributed by atoms with Crippen LogP contribution in [0.3, 0.4) is 0 Å². The molecule has 0 aliphatic rings. The number of aromatic nitrogens is 1. The average molecular weight is 353 g/mol. The van der Waals surface area contributed by atoms with Crippen LogP contribution < -0.4 is 10.0 Å². The fraction of sp³-hybridized carbons (Fsp3) is 0.333. The van der Waals surface area contributed by atoms with Gasteiger partial charge in [-0.25, -0.2) is 13.4 Å². The normalized spacial score (nSPS) is 11.2. The van der Waals surface area contributed by atoms with E-state index in [1.807, 2.05) is 0 Å². The fourth-order valence-electron chi connectivity index (χ4n) is 1.84. The van der Waals surface area contributed by atoms with Crippen LogP contribution >= 0.6 is 11.3 Å². The van der Waals surface area contributed by atoms with Crippen molar-refractivity contribution in [3.63, 3.8) is 0 Å². The summed E-state index contributed by atoms with van der Waals surface area (Å²) in [5.41, 5.74) is 0.551. The van der Waals surface area contributed by atoms with Crippen molar-refractivity contribution in [2.75, 3.05) is 11.3 Å². The summed E-state index contributed by atoms with van der Waals surface area (Å²) in [5.74, 6) is -0.110. The zero-order valence-corrected chi connectivity index (χ0v) is 14.4. The molecule has 23 heavy (non-hydrogen) atoms. The number of nitrogens with one attached hydrogen (secondary N) is 2.